The Morgan fingerprint density at radius 3 is 2.81 bits per heavy atom. The molecule has 16 heavy (non-hydrogen) atoms. The molecule has 1 aliphatic rings. The fraction of sp³-hybridized carbons (Fsp3) is 0.462. The van der Waals surface area contributed by atoms with Gasteiger partial charge in [-0.2, -0.15) is 0 Å². The molecule has 0 atom stereocenters. The summed E-state index contributed by atoms with van der Waals surface area (Å²) in [6.45, 7) is 5.45. The van der Waals surface area contributed by atoms with Crippen LogP contribution in [0.25, 0.3) is 0 Å². The van der Waals surface area contributed by atoms with Crippen LogP contribution in [0.3, 0.4) is 0 Å². The van der Waals surface area contributed by atoms with Gasteiger partial charge in [-0.1, -0.05) is 18.2 Å². The third-order valence-electron chi connectivity index (χ3n) is 3.10. The maximum atomic E-state index is 11.3. The number of anilines is 1. The standard InChI is InChI=1S/C13H16ClNO/c1-13(2,12(14)16)9-15-8-7-10-5-3-4-6-11(10)15/h3-6H,7-9H2,1-2H3. The number of carbonyl (C=O) groups excluding carboxylic acids is 1. The molecule has 0 aromatic heterocycles. The first kappa shape index (κ1) is 11.5. The lowest BCUT2D eigenvalue weighted by atomic mass is 9.94. The van der Waals surface area contributed by atoms with Crippen LogP contribution in [0.4, 0.5) is 5.69 Å². The fourth-order valence-electron chi connectivity index (χ4n) is 2.11. The molecule has 0 spiro atoms. The minimum Gasteiger partial charge on any atom is -0.370 e. The van der Waals surface area contributed by atoms with Gasteiger partial charge in [0.1, 0.15) is 0 Å². The van der Waals surface area contributed by atoms with E-state index in [4.69, 9.17) is 11.6 Å². The molecule has 0 radical (unpaired) electrons. The van der Waals surface area contributed by atoms with Gasteiger partial charge in [-0.3, -0.25) is 4.79 Å². The molecule has 3 heteroatoms. The smallest absolute Gasteiger partial charge is 0.229 e. The van der Waals surface area contributed by atoms with Gasteiger partial charge in [0, 0.05) is 18.8 Å². The summed E-state index contributed by atoms with van der Waals surface area (Å²) in [6.07, 6.45) is 1.06. The Bertz CT molecular complexity index is 414. The van der Waals surface area contributed by atoms with Crippen molar-refractivity contribution in [2.24, 2.45) is 5.41 Å². The van der Waals surface area contributed by atoms with E-state index in [0.717, 1.165) is 13.0 Å². The van der Waals surface area contributed by atoms with Crippen LogP contribution in [0.5, 0.6) is 0 Å². The van der Waals surface area contributed by atoms with Crippen LogP contribution in [0.15, 0.2) is 24.3 Å². The third-order valence-corrected chi connectivity index (χ3v) is 3.61. The number of fused-ring (bicyclic) bond motifs is 1. The summed E-state index contributed by atoms with van der Waals surface area (Å²) in [5.41, 5.74) is 2.12. The number of hydrogen-bond donors (Lipinski definition) is 0. The maximum absolute atomic E-state index is 11.3. The quantitative estimate of drug-likeness (QED) is 0.754. The summed E-state index contributed by atoms with van der Waals surface area (Å²) < 4.78 is 0. The molecular formula is C13H16ClNO. The van der Waals surface area contributed by atoms with Gasteiger partial charge in [-0.05, 0) is 43.5 Å². The molecular weight excluding hydrogens is 222 g/mol. The van der Waals surface area contributed by atoms with Crippen LogP contribution < -0.4 is 4.90 Å². The van der Waals surface area contributed by atoms with Gasteiger partial charge in [0.15, 0.2) is 0 Å². The molecule has 0 saturated carbocycles. The minimum absolute atomic E-state index is 0.267. The first-order valence-electron chi connectivity index (χ1n) is 5.53. The third kappa shape index (κ3) is 2.07. The van der Waals surface area contributed by atoms with Gasteiger partial charge in [-0.25, -0.2) is 0 Å². The summed E-state index contributed by atoms with van der Waals surface area (Å²) in [4.78, 5) is 13.5. The summed E-state index contributed by atoms with van der Waals surface area (Å²) in [6, 6.07) is 8.34. The molecule has 0 N–H and O–H groups in total. The number of para-hydroxylation sites is 1. The normalized spacial score (nSPS) is 15.1. The largest absolute Gasteiger partial charge is 0.370 e. The maximum Gasteiger partial charge on any atom is 0.229 e. The van der Waals surface area contributed by atoms with Crippen molar-refractivity contribution in [2.75, 3.05) is 18.0 Å². The first-order chi connectivity index (χ1) is 7.50. The van der Waals surface area contributed by atoms with Gasteiger partial charge >= 0.3 is 0 Å². The van der Waals surface area contributed by atoms with Gasteiger partial charge in [0.05, 0.1) is 5.41 Å². The number of halogens is 1. The highest BCUT2D eigenvalue weighted by molar-refractivity contribution is 6.64. The lowest BCUT2D eigenvalue weighted by Gasteiger charge is -2.28. The molecule has 1 aliphatic heterocycles. The van der Waals surface area contributed by atoms with Crippen LogP contribution in [0.2, 0.25) is 0 Å². The molecule has 1 heterocycles. The first-order valence-corrected chi connectivity index (χ1v) is 5.91. The van der Waals surface area contributed by atoms with Crippen molar-refractivity contribution in [1.82, 2.24) is 0 Å². The Morgan fingerprint density at radius 2 is 2.12 bits per heavy atom. The average Bonchev–Trinajstić information content (AvgIpc) is 2.61. The van der Waals surface area contributed by atoms with Crippen LogP contribution in [-0.4, -0.2) is 18.3 Å². The molecule has 0 fully saturated rings. The number of hydrogen-bond acceptors (Lipinski definition) is 2. The molecule has 86 valence electrons. The zero-order valence-electron chi connectivity index (χ0n) is 9.66. The summed E-state index contributed by atoms with van der Waals surface area (Å²) in [7, 11) is 0. The molecule has 2 rings (SSSR count). The van der Waals surface area contributed by atoms with Crippen molar-refractivity contribution in [3.8, 4) is 0 Å². The van der Waals surface area contributed by atoms with Gasteiger partial charge in [0.25, 0.3) is 0 Å². The van der Waals surface area contributed by atoms with Crippen LogP contribution in [0, 0.1) is 5.41 Å². The molecule has 0 saturated heterocycles. The average molecular weight is 238 g/mol. The van der Waals surface area contributed by atoms with Crippen LogP contribution in [0.1, 0.15) is 19.4 Å². The summed E-state index contributed by atoms with van der Waals surface area (Å²) >= 11 is 5.61. The van der Waals surface area contributed by atoms with Gasteiger partial charge < -0.3 is 4.90 Å². The van der Waals surface area contributed by atoms with Gasteiger partial charge in [0.2, 0.25) is 5.24 Å². The lowest BCUT2D eigenvalue weighted by Crippen LogP contribution is -2.36. The van der Waals surface area contributed by atoms with Crippen LogP contribution in [-0.2, 0) is 11.2 Å². The Balaban J connectivity index is 2.18. The fourth-order valence-corrected chi connectivity index (χ4v) is 2.17. The zero-order chi connectivity index (χ0) is 11.8. The molecule has 2 nitrogen and oxygen atoms in total. The van der Waals surface area contributed by atoms with Crippen molar-refractivity contribution in [3.05, 3.63) is 29.8 Å². The van der Waals surface area contributed by atoms with E-state index >= 15 is 0 Å². The zero-order valence-corrected chi connectivity index (χ0v) is 10.4. The SMILES string of the molecule is CC(C)(CN1CCc2ccccc21)C(=O)Cl. The Hall–Kier alpha value is -1.02. The molecule has 1 aromatic carbocycles. The predicted octanol–water partition coefficient (Wildman–Crippen LogP) is 2.84. The number of nitrogens with zero attached hydrogens (tertiary/aromatic N) is 1. The number of rotatable bonds is 3. The minimum atomic E-state index is -0.487. The van der Waals surface area contributed by atoms with E-state index in [0.29, 0.717) is 6.54 Å². The van der Waals surface area contributed by atoms with E-state index in [1.807, 2.05) is 19.9 Å². The monoisotopic (exact) mass is 237 g/mol. The number of benzene rings is 1. The second-order valence-corrected chi connectivity index (χ2v) is 5.30. The molecule has 0 bridgehead atoms. The Kier molecular flexibility index (Phi) is 2.94. The van der Waals surface area contributed by atoms with Gasteiger partial charge in [-0.15, -0.1) is 0 Å². The van der Waals surface area contributed by atoms with Crippen molar-refractivity contribution in [2.45, 2.75) is 20.3 Å². The van der Waals surface area contributed by atoms with E-state index < -0.39 is 5.41 Å². The van der Waals surface area contributed by atoms with Crippen molar-refractivity contribution in [3.63, 3.8) is 0 Å². The Morgan fingerprint density at radius 1 is 1.44 bits per heavy atom. The van der Waals surface area contributed by atoms with E-state index in [9.17, 15) is 4.79 Å². The van der Waals surface area contributed by atoms with Crippen molar-refractivity contribution < 1.29 is 4.79 Å². The molecule has 0 aliphatic carbocycles. The number of carbonyl (C=O) groups is 1. The molecule has 1 aromatic rings. The predicted molar refractivity (Wildman–Crippen MR) is 67.0 cm³/mol. The van der Waals surface area contributed by atoms with E-state index in [1.165, 1.54) is 11.3 Å². The highest BCUT2D eigenvalue weighted by atomic mass is 35.5. The molecule has 0 unspecified atom stereocenters. The van der Waals surface area contributed by atoms with Crippen molar-refractivity contribution in [1.29, 1.82) is 0 Å². The lowest BCUT2D eigenvalue weighted by molar-refractivity contribution is -0.118. The second kappa shape index (κ2) is 4.10. The highest BCUT2D eigenvalue weighted by Gasteiger charge is 2.31. The Labute approximate surface area is 101 Å². The second-order valence-electron chi connectivity index (χ2n) is 4.96. The molecule has 0 amide bonds. The van der Waals surface area contributed by atoms with E-state index in [-0.39, 0.29) is 5.24 Å². The highest BCUT2D eigenvalue weighted by Crippen LogP contribution is 2.31. The van der Waals surface area contributed by atoms with Crippen molar-refractivity contribution >= 4 is 22.5 Å². The van der Waals surface area contributed by atoms with Crippen LogP contribution >= 0.6 is 11.6 Å². The summed E-state index contributed by atoms with van der Waals surface area (Å²) in [5, 5.41) is -0.267. The van der Waals surface area contributed by atoms with E-state index in [2.05, 4.69) is 23.1 Å². The summed E-state index contributed by atoms with van der Waals surface area (Å²) in [5.74, 6) is 0. The topological polar surface area (TPSA) is 20.3 Å². The van der Waals surface area contributed by atoms with E-state index in [1.54, 1.807) is 0 Å².